The fourth-order valence-electron chi connectivity index (χ4n) is 2.40. The molecule has 0 saturated heterocycles. The number of thioether (sulfide) groups is 2. The third-order valence-electron chi connectivity index (χ3n) is 3.50. The molecule has 1 atom stereocenters. The lowest BCUT2D eigenvalue weighted by Gasteiger charge is -2.06. The minimum Gasteiger partial charge on any atom is -0.333 e. The van der Waals surface area contributed by atoms with Crippen LogP contribution in [0.1, 0.15) is 6.92 Å². The van der Waals surface area contributed by atoms with Crippen LogP contribution < -0.4 is 0 Å². The second-order valence-corrected chi connectivity index (χ2v) is 7.79. The second-order valence-electron chi connectivity index (χ2n) is 5.36. The molecule has 2 aromatic heterocycles. The molecule has 0 aliphatic heterocycles. The highest BCUT2D eigenvalue weighted by Gasteiger charge is 2.11. The van der Waals surface area contributed by atoms with Crippen molar-refractivity contribution in [2.24, 2.45) is 0 Å². The number of rotatable bonds is 5. The summed E-state index contributed by atoms with van der Waals surface area (Å²) in [7, 11) is 0. The topological polar surface area (TPSA) is 57.4 Å². The molecule has 0 bridgehead atoms. The Morgan fingerprint density at radius 1 is 0.870 bits per heavy atom. The van der Waals surface area contributed by atoms with E-state index >= 15 is 0 Å². The zero-order chi connectivity index (χ0) is 15.6. The minimum absolute atomic E-state index is 0.439. The molecule has 4 aromatic rings. The molecule has 0 unspecified atom stereocenters. The molecule has 116 valence electrons. The van der Waals surface area contributed by atoms with E-state index in [-0.39, 0.29) is 0 Å². The van der Waals surface area contributed by atoms with Gasteiger partial charge in [0.25, 0.3) is 0 Å². The maximum atomic E-state index is 4.62. The fraction of sp³-hybridized carbons (Fsp3) is 0.176. The lowest BCUT2D eigenvalue weighted by atomic mass is 10.3. The van der Waals surface area contributed by atoms with Crippen LogP contribution in [0, 0.1) is 0 Å². The Labute approximate surface area is 142 Å². The fourth-order valence-corrected chi connectivity index (χ4v) is 4.32. The van der Waals surface area contributed by atoms with Crippen molar-refractivity contribution in [3.63, 3.8) is 0 Å². The smallest absolute Gasteiger partial charge is 0.166 e. The van der Waals surface area contributed by atoms with E-state index in [1.54, 1.807) is 23.5 Å². The van der Waals surface area contributed by atoms with Gasteiger partial charge in [0.15, 0.2) is 10.3 Å². The van der Waals surface area contributed by atoms with Crippen LogP contribution in [-0.2, 0) is 0 Å². The number of benzene rings is 2. The Morgan fingerprint density at radius 2 is 1.43 bits per heavy atom. The van der Waals surface area contributed by atoms with Crippen molar-refractivity contribution >= 4 is 45.6 Å². The van der Waals surface area contributed by atoms with Gasteiger partial charge in [-0.15, -0.1) is 0 Å². The van der Waals surface area contributed by atoms with Crippen LogP contribution in [0.15, 0.2) is 58.8 Å². The number of aromatic nitrogens is 4. The monoisotopic (exact) mass is 340 g/mol. The third-order valence-corrected chi connectivity index (χ3v) is 5.83. The molecule has 0 saturated carbocycles. The number of nitrogens with one attached hydrogen (secondary N) is 2. The minimum atomic E-state index is 0.439. The van der Waals surface area contributed by atoms with Crippen molar-refractivity contribution in [3.05, 3.63) is 48.5 Å². The van der Waals surface area contributed by atoms with E-state index in [9.17, 15) is 0 Å². The number of hydrogen-bond acceptors (Lipinski definition) is 4. The van der Waals surface area contributed by atoms with Gasteiger partial charge < -0.3 is 9.97 Å². The molecule has 6 heteroatoms. The van der Waals surface area contributed by atoms with Crippen molar-refractivity contribution < 1.29 is 0 Å². The van der Waals surface area contributed by atoms with Gasteiger partial charge >= 0.3 is 0 Å². The van der Waals surface area contributed by atoms with Gasteiger partial charge in [-0.3, -0.25) is 0 Å². The SMILES string of the molecule is C[C@H](CSc1nc2ccccc2[nH]1)Sc1nc2ccccc2[nH]1. The first-order chi connectivity index (χ1) is 11.3. The average Bonchev–Trinajstić information content (AvgIpc) is 3.15. The van der Waals surface area contributed by atoms with Gasteiger partial charge in [-0.05, 0) is 24.3 Å². The Hall–Kier alpha value is -1.92. The van der Waals surface area contributed by atoms with Gasteiger partial charge in [0.2, 0.25) is 0 Å². The second kappa shape index (κ2) is 6.29. The summed E-state index contributed by atoms with van der Waals surface area (Å²) in [6.45, 7) is 2.22. The van der Waals surface area contributed by atoms with Gasteiger partial charge in [0, 0.05) is 11.0 Å². The van der Waals surface area contributed by atoms with Gasteiger partial charge in [-0.1, -0.05) is 54.7 Å². The number of H-pyrrole nitrogens is 2. The normalized spacial score (nSPS) is 12.9. The molecular formula is C17H16N4S2. The van der Waals surface area contributed by atoms with E-state index in [4.69, 9.17) is 0 Å². The van der Waals surface area contributed by atoms with Crippen LogP contribution in [-0.4, -0.2) is 30.9 Å². The van der Waals surface area contributed by atoms with Crippen LogP contribution in [0.25, 0.3) is 22.1 Å². The number of para-hydroxylation sites is 4. The summed E-state index contributed by atoms with van der Waals surface area (Å²) in [5, 5.41) is 2.39. The first kappa shape index (κ1) is 14.7. The number of aromatic amines is 2. The Morgan fingerprint density at radius 3 is 2.09 bits per heavy atom. The van der Waals surface area contributed by atoms with Gasteiger partial charge in [-0.25, -0.2) is 9.97 Å². The summed E-state index contributed by atoms with van der Waals surface area (Å²) in [6.07, 6.45) is 0. The number of nitrogens with zero attached hydrogens (tertiary/aromatic N) is 2. The van der Waals surface area contributed by atoms with E-state index in [0.717, 1.165) is 38.1 Å². The van der Waals surface area contributed by atoms with Gasteiger partial charge in [0.05, 0.1) is 22.1 Å². The van der Waals surface area contributed by atoms with Crippen molar-refractivity contribution in [2.75, 3.05) is 5.75 Å². The van der Waals surface area contributed by atoms with Crippen LogP contribution in [0.4, 0.5) is 0 Å². The molecule has 0 aliphatic carbocycles. The van der Waals surface area contributed by atoms with Crippen LogP contribution in [0.2, 0.25) is 0 Å². The zero-order valence-electron chi connectivity index (χ0n) is 12.6. The quantitative estimate of drug-likeness (QED) is 0.517. The molecule has 0 spiro atoms. The lowest BCUT2D eigenvalue weighted by molar-refractivity contribution is 1.03. The van der Waals surface area contributed by atoms with Gasteiger partial charge in [-0.2, -0.15) is 0 Å². The van der Waals surface area contributed by atoms with Crippen LogP contribution in [0.5, 0.6) is 0 Å². The van der Waals surface area contributed by atoms with Crippen molar-refractivity contribution in [2.45, 2.75) is 22.5 Å². The molecule has 2 aromatic carbocycles. The highest BCUT2D eigenvalue weighted by Crippen LogP contribution is 2.28. The standard InChI is InChI=1S/C17H16N4S2/c1-11(23-17-20-14-8-4-5-9-15(14)21-17)10-22-16-18-12-6-2-3-7-13(12)19-16/h2-9,11H,10H2,1H3,(H,18,19)(H,20,21)/t11-/m1/s1. The largest absolute Gasteiger partial charge is 0.333 e. The van der Waals surface area contributed by atoms with Crippen molar-refractivity contribution in [3.8, 4) is 0 Å². The lowest BCUT2D eigenvalue weighted by Crippen LogP contribution is -2.00. The first-order valence-corrected chi connectivity index (χ1v) is 9.33. The van der Waals surface area contributed by atoms with E-state index < -0.39 is 0 Å². The Kier molecular flexibility index (Phi) is 4.01. The molecule has 23 heavy (non-hydrogen) atoms. The maximum absolute atomic E-state index is 4.62. The maximum Gasteiger partial charge on any atom is 0.166 e. The van der Waals surface area contributed by atoms with E-state index in [2.05, 4.69) is 39.0 Å². The average molecular weight is 340 g/mol. The number of hydrogen-bond donors (Lipinski definition) is 2. The zero-order valence-corrected chi connectivity index (χ0v) is 14.2. The summed E-state index contributed by atoms with van der Waals surface area (Å²) in [4.78, 5) is 15.9. The van der Waals surface area contributed by atoms with E-state index in [1.807, 2.05) is 36.4 Å². The van der Waals surface area contributed by atoms with Crippen molar-refractivity contribution in [1.29, 1.82) is 0 Å². The van der Waals surface area contributed by atoms with Gasteiger partial charge in [0.1, 0.15) is 0 Å². The molecule has 0 aliphatic rings. The summed E-state index contributed by atoms with van der Waals surface area (Å²) in [6, 6.07) is 16.2. The molecule has 0 radical (unpaired) electrons. The number of fused-ring (bicyclic) bond motifs is 2. The molecule has 2 N–H and O–H groups in total. The molecule has 0 fully saturated rings. The predicted octanol–water partition coefficient (Wildman–Crippen LogP) is 4.71. The summed E-state index contributed by atoms with van der Waals surface area (Å²) in [5.74, 6) is 0.974. The first-order valence-electron chi connectivity index (χ1n) is 7.47. The third kappa shape index (κ3) is 3.23. The predicted molar refractivity (Wildman–Crippen MR) is 98.2 cm³/mol. The number of imidazole rings is 2. The molecule has 0 amide bonds. The highest BCUT2D eigenvalue weighted by molar-refractivity contribution is 8.03. The highest BCUT2D eigenvalue weighted by atomic mass is 32.2. The molecule has 2 heterocycles. The summed E-state index contributed by atoms with van der Waals surface area (Å²) in [5.41, 5.74) is 4.22. The summed E-state index contributed by atoms with van der Waals surface area (Å²) < 4.78 is 0. The summed E-state index contributed by atoms with van der Waals surface area (Å²) >= 11 is 3.52. The van der Waals surface area contributed by atoms with Crippen molar-refractivity contribution in [1.82, 2.24) is 19.9 Å². The van der Waals surface area contributed by atoms with E-state index in [0.29, 0.717) is 5.25 Å². The Balaban J connectivity index is 1.40. The molecule has 4 rings (SSSR count). The Bertz CT molecular complexity index is 878. The van der Waals surface area contributed by atoms with Crippen LogP contribution in [0.3, 0.4) is 0 Å². The van der Waals surface area contributed by atoms with E-state index in [1.165, 1.54) is 0 Å². The molecule has 4 nitrogen and oxygen atoms in total. The van der Waals surface area contributed by atoms with Crippen LogP contribution >= 0.6 is 23.5 Å². The molecular weight excluding hydrogens is 324 g/mol.